The van der Waals surface area contributed by atoms with E-state index in [9.17, 15) is 13.6 Å². The summed E-state index contributed by atoms with van der Waals surface area (Å²) < 4.78 is 26.4. The SMILES string of the molecule is O=C=NC1(c2cc(F)cc(F)c2Cl)CCC1. The monoisotopic (exact) mass is 243 g/mol. The molecule has 0 bridgehead atoms. The van der Waals surface area contributed by atoms with Crippen LogP contribution < -0.4 is 0 Å². The smallest absolute Gasteiger partial charge is 0.211 e. The summed E-state index contributed by atoms with van der Waals surface area (Å²) in [7, 11) is 0. The van der Waals surface area contributed by atoms with Gasteiger partial charge in [-0.05, 0) is 25.3 Å². The third-order valence-corrected chi connectivity index (χ3v) is 3.32. The Hall–Kier alpha value is -1.25. The van der Waals surface area contributed by atoms with Crippen LogP contribution in [-0.4, -0.2) is 6.08 Å². The van der Waals surface area contributed by atoms with Crippen molar-refractivity contribution < 1.29 is 13.6 Å². The zero-order valence-electron chi connectivity index (χ0n) is 8.27. The zero-order valence-corrected chi connectivity index (χ0v) is 9.02. The van der Waals surface area contributed by atoms with Crippen LogP contribution in [0.5, 0.6) is 0 Å². The molecule has 2 nitrogen and oxygen atoms in total. The Morgan fingerprint density at radius 3 is 2.56 bits per heavy atom. The van der Waals surface area contributed by atoms with Gasteiger partial charge in [0.15, 0.2) is 0 Å². The van der Waals surface area contributed by atoms with Crippen molar-refractivity contribution in [2.24, 2.45) is 4.99 Å². The highest BCUT2D eigenvalue weighted by Gasteiger charge is 2.41. The van der Waals surface area contributed by atoms with Crippen molar-refractivity contribution >= 4 is 17.7 Å². The van der Waals surface area contributed by atoms with Gasteiger partial charge < -0.3 is 0 Å². The van der Waals surface area contributed by atoms with E-state index in [4.69, 9.17) is 11.6 Å². The van der Waals surface area contributed by atoms with E-state index >= 15 is 0 Å². The normalized spacial score (nSPS) is 17.4. The third kappa shape index (κ3) is 1.64. The van der Waals surface area contributed by atoms with Gasteiger partial charge in [0.1, 0.15) is 11.6 Å². The van der Waals surface area contributed by atoms with Gasteiger partial charge in [-0.2, -0.15) is 4.99 Å². The fourth-order valence-corrected chi connectivity index (χ4v) is 2.22. The van der Waals surface area contributed by atoms with Gasteiger partial charge >= 0.3 is 0 Å². The number of carbonyl (C=O) groups excluding carboxylic acids is 1. The van der Waals surface area contributed by atoms with Crippen LogP contribution in [0, 0.1) is 11.6 Å². The molecule has 1 aromatic rings. The molecular formula is C11H8ClF2NO. The second-order valence-electron chi connectivity index (χ2n) is 3.84. The molecule has 1 fully saturated rings. The average Bonchev–Trinajstić information content (AvgIpc) is 2.17. The van der Waals surface area contributed by atoms with Crippen LogP contribution >= 0.6 is 11.6 Å². The van der Waals surface area contributed by atoms with E-state index in [0.29, 0.717) is 18.9 Å². The van der Waals surface area contributed by atoms with Gasteiger partial charge in [-0.3, -0.25) is 0 Å². The minimum absolute atomic E-state index is 0.167. The predicted molar refractivity (Wildman–Crippen MR) is 55.0 cm³/mol. The summed E-state index contributed by atoms with van der Waals surface area (Å²) in [6.07, 6.45) is 3.41. The molecule has 2 rings (SSSR count). The Balaban J connectivity index is 2.58. The molecule has 0 spiro atoms. The van der Waals surface area contributed by atoms with Crippen molar-refractivity contribution in [1.29, 1.82) is 0 Å². The molecule has 1 aliphatic carbocycles. The molecule has 1 aliphatic rings. The Morgan fingerprint density at radius 2 is 2.06 bits per heavy atom. The fourth-order valence-electron chi connectivity index (χ4n) is 1.94. The Bertz CT molecular complexity index is 479. The second-order valence-corrected chi connectivity index (χ2v) is 4.22. The molecule has 84 valence electrons. The summed E-state index contributed by atoms with van der Waals surface area (Å²) in [6, 6.07) is 1.84. The van der Waals surface area contributed by atoms with Crippen molar-refractivity contribution in [3.63, 3.8) is 0 Å². The number of halogens is 3. The van der Waals surface area contributed by atoms with Gasteiger partial charge in [-0.1, -0.05) is 11.6 Å². The lowest BCUT2D eigenvalue weighted by Gasteiger charge is -2.37. The fraction of sp³-hybridized carbons (Fsp3) is 0.364. The highest BCUT2D eigenvalue weighted by Crippen LogP contribution is 2.47. The number of rotatable bonds is 2. The van der Waals surface area contributed by atoms with Crippen molar-refractivity contribution in [3.05, 3.63) is 34.4 Å². The van der Waals surface area contributed by atoms with Gasteiger partial charge in [0.05, 0.1) is 10.6 Å². The topological polar surface area (TPSA) is 29.4 Å². The summed E-state index contributed by atoms with van der Waals surface area (Å²) in [4.78, 5) is 14.0. The van der Waals surface area contributed by atoms with Crippen LogP contribution in [0.3, 0.4) is 0 Å². The Labute approximate surface area is 95.9 Å². The molecule has 0 unspecified atom stereocenters. The van der Waals surface area contributed by atoms with Crippen LogP contribution in [-0.2, 0) is 10.3 Å². The molecule has 1 aromatic carbocycles. The van der Waals surface area contributed by atoms with E-state index in [1.165, 1.54) is 6.08 Å². The molecule has 0 aliphatic heterocycles. The molecule has 5 heteroatoms. The first-order valence-electron chi connectivity index (χ1n) is 4.83. The van der Waals surface area contributed by atoms with E-state index in [-0.39, 0.29) is 10.6 Å². The quantitative estimate of drug-likeness (QED) is 0.445. The minimum Gasteiger partial charge on any atom is -0.211 e. The summed E-state index contributed by atoms with van der Waals surface area (Å²) in [5.41, 5.74) is -0.636. The lowest BCUT2D eigenvalue weighted by molar-refractivity contribution is 0.254. The molecule has 0 amide bonds. The molecule has 0 radical (unpaired) electrons. The number of aliphatic imine (C=N–C) groups is 1. The van der Waals surface area contributed by atoms with Gasteiger partial charge in [-0.15, -0.1) is 0 Å². The first kappa shape index (κ1) is 11.2. The van der Waals surface area contributed by atoms with Crippen LogP contribution in [0.2, 0.25) is 5.02 Å². The van der Waals surface area contributed by atoms with Crippen LogP contribution in [0.15, 0.2) is 17.1 Å². The number of isocyanates is 1. The maximum absolute atomic E-state index is 13.3. The molecule has 0 heterocycles. The van der Waals surface area contributed by atoms with Gasteiger partial charge in [0.25, 0.3) is 0 Å². The molecule has 0 atom stereocenters. The molecular weight excluding hydrogens is 236 g/mol. The third-order valence-electron chi connectivity index (χ3n) is 2.93. The van der Waals surface area contributed by atoms with Crippen LogP contribution in [0.1, 0.15) is 24.8 Å². The molecule has 1 saturated carbocycles. The van der Waals surface area contributed by atoms with Crippen molar-refractivity contribution in [3.8, 4) is 0 Å². The van der Waals surface area contributed by atoms with Crippen molar-refractivity contribution in [1.82, 2.24) is 0 Å². The first-order valence-corrected chi connectivity index (χ1v) is 5.21. The van der Waals surface area contributed by atoms with Crippen molar-refractivity contribution in [2.45, 2.75) is 24.8 Å². The maximum Gasteiger partial charge on any atom is 0.235 e. The Kier molecular flexibility index (Phi) is 2.78. The van der Waals surface area contributed by atoms with E-state index in [0.717, 1.165) is 12.5 Å². The van der Waals surface area contributed by atoms with Gasteiger partial charge in [0, 0.05) is 11.6 Å². The van der Waals surface area contributed by atoms with Gasteiger partial charge in [-0.25, -0.2) is 13.6 Å². The van der Waals surface area contributed by atoms with E-state index in [1.807, 2.05) is 0 Å². The summed E-state index contributed by atoms with van der Waals surface area (Å²) >= 11 is 5.77. The van der Waals surface area contributed by atoms with E-state index in [1.54, 1.807) is 0 Å². The molecule has 16 heavy (non-hydrogen) atoms. The summed E-state index contributed by atoms with van der Waals surface area (Å²) in [5.74, 6) is -1.55. The summed E-state index contributed by atoms with van der Waals surface area (Å²) in [6.45, 7) is 0. The highest BCUT2D eigenvalue weighted by molar-refractivity contribution is 6.31. The van der Waals surface area contributed by atoms with Crippen molar-refractivity contribution in [2.75, 3.05) is 0 Å². The number of nitrogens with zero attached hydrogens (tertiary/aromatic N) is 1. The lowest BCUT2D eigenvalue weighted by atomic mass is 9.72. The average molecular weight is 244 g/mol. The van der Waals surface area contributed by atoms with Gasteiger partial charge in [0.2, 0.25) is 6.08 Å². The van der Waals surface area contributed by atoms with E-state index in [2.05, 4.69) is 4.99 Å². The largest absolute Gasteiger partial charge is 0.235 e. The number of hydrogen-bond acceptors (Lipinski definition) is 2. The minimum atomic E-state index is -0.873. The predicted octanol–water partition coefficient (Wildman–Crippen LogP) is 3.33. The second kappa shape index (κ2) is 3.96. The first-order chi connectivity index (χ1) is 7.59. The lowest BCUT2D eigenvalue weighted by Crippen LogP contribution is -2.32. The molecule has 0 N–H and O–H groups in total. The standard InChI is InChI=1S/C11H8ClF2NO/c12-10-8(4-7(13)5-9(10)14)11(15-6-16)2-1-3-11/h4-5H,1-3H2. The Morgan fingerprint density at radius 1 is 1.38 bits per heavy atom. The van der Waals surface area contributed by atoms with Crippen LogP contribution in [0.4, 0.5) is 8.78 Å². The summed E-state index contributed by atoms with van der Waals surface area (Å²) in [5, 5.41) is -0.167. The van der Waals surface area contributed by atoms with Crippen LogP contribution in [0.25, 0.3) is 0 Å². The number of hydrogen-bond donors (Lipinski definition) is 0. The molecule has 0 saturated heterocycles. The zero-order chi connectivity index (χ0) is 11.8. The molecule has 0 aromatic heterocycles. The maximum atomic E-state index is 13.3. The number of benzene rings is 1. The van der Waals surface area contributed by atoms with E-state index < -0.39 is 17.2 Å². The highest BCUT2D eigenvalue weighted by atomic mass is 35.5.